The number of hydrogen-bond donors (Lipinski definition) is 7. The minimum absolute atomic E-state index is 0.0367. The third-order valence-corrected chi connectivity index (χ3v) is 20.7. The number of aromatic nitrogens is 4. The van der Waals surface area contributed by atoms with E-state index in [1.807, 2.05) is 98.7 Å². The molecule has 0 radical (unpaired) electrons. The van der Waals surface area contributed by atoms with Gasteiger partial charge in [0.1, 0.15) is 50.8 Å². The number of carbonyl (C=O) groups excluding carboxylic acids is 2. The summed E-state index contributed by atoms with van der Waals surface area (Å²) in [6, 6.07) is 23.6. The van der Waals surface area contributed by atoms with Crippen molar-refractivity contribution in [3.63, 3.8) is 0 Å². The molecule has 0 fully saturated rings. The fraction of sp³-hybridized carbons (Fsp3) is 0.400. The Morgan fingerprint density at radius 1 is 0.280 bits per heavy atom. The number of fused-ring (bicyclic) bond motifs is 13. The largest absolute Gasteiger partial charge is 0.506 e. The number of rotatable bonds is 2. The number of aromatic hydroxyl groups is 5. The molecule has 14 rings (SSSR count). The van der Waals surface area contributed by atoms with Crippen LogP contribution in [0.2, 0.25) is 0 Å². The molecule has 5 heterocycles. The number of nitrogens with two attached hydrogens (primary N) is 2. The number of aldehydes is 2. The highest BCUT2D eigenvalue weighted by molar-refractivity contribution is 6.21. The lowest BCUT2D eigenvalue weighted by Crippen LogP contribution is -2.14. The summed E-state index contributed by atoms with van der Waals surface area (Å²) < 4.78 is 28.0. The van der Waals surface area contributed by atoms with E-state index in [1.54, 1.807) is 12.1 Å². The summed E-state index contributed by atoms with van der Waals surface area (Å²) in [4.78, 5) is 42.8. The Labute approximate surface area is 624 Å². The number of hydrogen-bond acceptors (Lipinski definition) is 17. The van der Waals surface area contributed by atoms with Gasteiger partial charge in [0.05, 0.1) is 44.0 Å². The van der Waals surface area contributed by atoms with Crippen LogP contribution < -0.4 is 11.5 Å². The van der Waals surface area contributed by atoms with Crippen molar-refractivity contribution in [3.05, 3.63) is 134 Å². The molecular weight excluding hydrogens is 1340 g/mol. The van der Waals surface area contributed by atoms with Gasteiger partial charge in [0.15, 0.2) is 34.9 Å². The minimum atomic E-state index is -0.373. The number of phenols is 5. The Kier molecular flexibility index (Phi) is 17.7. The Balaban J connectivity index is 0.000000236. The van der Waals surface area contributed by atoms with Gasteiger partial charge in [-0.15, -0.1) is 0 Å². The molecule has 9 N–H and O–H groups in total. The number of benzene rings is 9. The van der Waals surface area contributed by atoms with Crippen LogP contribution in [0.15, 0.2) is 90.5 Å². The lowest BCUT2D eigenvalue weighted by molar-refractivity contribution is 0.111. The van der Waals surface area contributed by atoms with E-state index in [4.69, 9.17) is 49.1 Å². The van der Waals surface area contributed by atoms with E-state index < -0.39 is 0 Å². The monoisotopic (exact) mass is 1440 g/mol. The molecule has 17 heteroatoms. The zero-order valence-corrected chi connectivity index (χ0v) is 67.2. The molecule has 0 amide bonds. The van der Waals surface area contributed by atoms with Gasteiger partial charge in [-0.05, 0) is 154 Å². The third kappa shape index (κ3) is 13.2. The van der Waals surface area contributed by atoms with Gasteiger partial charge < -0.3 is 54.7 Å². The zero-order chi connectivity index (χ0) is 79.2. The van der Waals surface area contributed by atoms with Crippen molar-refractivity contribution in [1.82, 2.24) is 19.9 Å². The standard InChI is InChI=1S/C60H64N4O6.C18H26N2O2.C12H14O3/c1-55(2,3)29-23-31-45(65)32(24-29)52-62-42-40-28(20-36(48(42)68-52)58(10,11)12)22-38(60(16,17)18)50-44(40)64-54(70-50)34-26-30(56(4,5)6)25-33(46(34)66)53-63-43-39-27(21-37(49(43)69-53)59(13,14)15)19-35(57(7,8)9)47-41(39)61-51(31)67-47;1-17(2,3)10-7-9-8-11(18(4,5)6)16(22)14(20)12(9)13(19)15(10)21;1-12(2,3)10-4-8(6-13)11(15)9(5-10)7-14/h19-26,65-66H,1-18H3;7-8,21-22H,19-20H2,1-6H3;4-7,15H,1-3H3. The normalized spacial score (nSPS) is 13.3. The summed E-state index contributed by atoms with van der Waals surface area (Å²) in [6.07, 6.45) is 1.11. The highest BCUT2D eigenvalue weighted by atomic mass is 16.4. The van der Waals surface area contributed by atoms with E-state index in [9.17, 15) is 35.1 Å². The van der Waals surface area contributed by atoms with Gasteiger partial charge in [-0.25, -0.2) is 19.9 Å². The van der Waals surface area contributed by atoms with Gasteiger partial charge in [-0.3, -0.25) is 9.59 Å². The molecule has 0 unspecified atom stereocenters. The van der Waals surface area contributed by atoms with Crippen molar-refractivity contribution in [2.24, 2.45) is 0 Å². The predicted octanol–water partition coefficient (Wildman–Crippen LogP) is 23.3. The zero-order valence-electron chi connectivity index (χ0n) is 67.2. The molecule has 0 aliphatic rings. The van der Waals surface area contributed by atoms with Crippen molar-refractivity contribution in [2.75, 3.05) is 11.5 Å². The number of nitrogens with zero attached hydrogens (tertiary/aromatic N) is 4. The number of anilines is 2. The molecule has 14 aromatic rings. The van der Waals surface area contributed by atoms with Crippen LogP contribution in [0.25, 0.3) is 121 Å². The molecule has 9 aromatic carbocycles. The maximum atomic E-state index is 12.8. The molecule has 12 bridgehead atoms. The van der Waals surface area contributed by atoms with Crippen LogP contribution in [0.3, 0.4) is 0 Å². The van der Waals surface area contributed by atoms with Gasteiger partial charge >= 0.3 is 0 Å². The predicted molar refractivity (Wildman–Crippen MR) is 437 cm³/mol. The first-order valence-corrected chi connectivity index (χ1v) is 36.6. The second-order valence-electron chi connectivity index (χ2n) is 38.5. The number of oxazole rings is 4. The molecule has 0 aliphatic heterocycles. The summed E-state index contributed by atoms with van der Waals surface area (Å²) in [5, 5.41) is 62.1. The highest BCUT2D eigenvalue weighted by Crippen LogP contribution is 2.51. The van der Waals surface area contributed by atoms with Crippen molar-refractivity contribution >= 4 is 145 Å². The van der Waals surface area contributed by atoms with Crippen molar-refractivity contribution in [2.45, 2.75) is 236 Å². The molecule has 107 heavy (non-hydrogen) atoms. The van der Waals surface area contributed by atoms with E-state index in [0.717, 1.165) is 77.0 Å². The summed E-state index contributed by atoms with van der Waals surface area (Å²) in [6.45, 7) is 56.8. The first-order valence-electron chi connectivity index (χ1n) is 36.6. The lowest BCUT2D eigenvalue weighted by Gasteiger charge is -2.26. The molecule has 0 atom stereocenters. The average molecular weight is 1450 g/mol. The minimum Gasteiger partial charge on any atom is -0.506 e. The molecule has 560 valence electrons. The van der Waals surface area contributed by atoms with Gasteiger partial charge in [0, 0.05) is 49.5 Å². The Bertz CT molecular complexity index is 5530. The van der Waals surface area contributed by atoms with Gasteiger partial charge in [0.25, 0.3) is 0 Å². The summed E-state index contributed by atoms with van der Waals surface area (Å²) in [5.41, 5.74) is 23.7. The second kappa shape index (κ2) is 24.8. The second-order valence-corrected chi connectivity index (χ2v) is 38.5. The SMILES string of the molecule is CC(C)(C)c1cc(C=O)c(O)c(C=O)c1.CC(C)(C)c1cc2c(O)c(c1)c1nc3c(o1)c(C(C)(C)C)cc1cc(C(C)(C)C)c4oc(nc4c13)c1cc(C(C)(C)C)cc(c1O)c1nc3c(o1)c(C(C)(C)C)cc1cc(C(C)(C)C)c4oc2nc4c13.CC(C)(C)c1cc2cc(C(C)(C)C)c(O)c(N)c2c(N)c1O. The van der Waals surface area contributed by atoms with Crippen LogP contribution in [0.5, 0.6) is 28.7 Å². The van der Waals surface area contributed by atoms with Crippen LogP contribution in [-0.4, -0.2) is 58.0 Å². The topological polar surface area (TPSA) is 291 Å². The Morgan fingerprint density at radius 2 is 0.495 bits per heavy atom. The fourth-order valence-electron chi connectivity index (χ4n) is 14.2. The van der Waals surface area contributed by atoms with Crippen LogP contribution in [-0.2, 0) is 48.7 Å². The third-order valence-electron chi connectivity index (χ3n) is 20.7. The number of phenolic OH excluding ortho intramolecular Hbond substituents is 5. The van der Waals surface area contributed by atoms with E-state index in [-0.39, 0.29) is 123 Å². The summed E-state index contributed by atoms with van der Waals surface area (Å²) >= 11 is 0. The maximum absolute atomic E-state index is 12.8. The van der Waals surface area contributed by atoms with E-state index in [2.05, 4.69) is 149 Å². The smallest absolute Gasteiger partial charge is 0.231 e. The van der Waals surface area contributed by atoms with Crippen LogP contribution >= 0.6 is 0 Å². The van der Waals surface area contributed by atoms with Gasteiger partial charge in [0.2, 0.25) is 22.9 Å². The van der Waals surface area contributed by atoms with Crippen LogP contribution in [0.4, 0.5) is 11.4 Å². The van der Waals surface area contributed by atoms with Crippen LogP contribution in [0.1, 0.15) is 258 Å². The Morgan fingerprint density at radius 3 is 0.710 bits per heavy atom. The lowest BCUT2D eigenvalue weighted by atomic mass is 9.81. The maximum Gasteiger partial charge on any atom is 0.231 e. The van der Waals surface area contributed by atoms with Crippen molar-refractivity contribution in [1.29, 1.82) is 0 Å². The number of nitrogen functional groups attached to an aromatic ring is 2. The number of carbonyl (C=O) groups is 2. The molecule has 0 saturated carbocycles. The summed E-state index contributed by atoms with van der Waals surface area (Å²) in [7, 11) is 0. The molecule has 0 saturated heterocycles. The molecule has 0 aliphatic carbocycles. The van der Waals surface area contributed by atoms with Crippen LogP contribution in [0, 0.1) is 0 Å². The first-order chi connectivity index (χ1) is 49.0. The molecule has 0 spiro atoms. The van der Waals surface area contributed by atoms with Crippen molar-refractivity contribution < 1.29 is 52.8 Å². The highest BCUT2D eigenvalue weighted by Gasteiger charge is 2.35. The molecular formula is C90H104N6O11. The average Bonchev–Trinajstić information content (AvgIpc) is 1.60. The van der Waals surface area contributed by atoms with Gasteiger partial charge in [-0.1, -0.05) is 187 Å². The van der Waals surface area contributed by atoms with E-state index >= 15 is 0 Å². The quantitative estimate of drug-likeness (QED) is 0.0481. The molecule has 17 nitrogen and oxygen atoms in total. The fourth-order valence-corrected chi connectivity index (χ4v) is 14.2. The van der Waals surface area contributed by atoms with E-state index in [1.165, 1.54) is 0 Å². The van der Waals surface area contributed by atoms with E-state index in [0.29, 0.717) is 83.9 Å². The summed E-state index contributed by atoms with van der Waals surface area (Å²) in [5.74, 6) is -0.308. The van der Waals surface area contributed by atoms with Crippen molar-refractivity contribution in [3.8, 4) is 28.7 Å². The Hall–Kier alpha value is -10.4. The van der Waals surface area contributed by atoms with Gasteiger partial charge in [-0.2, -0.15) is 0 Å². The molecule has 5 aromatic heterocycles. The first kappa shape index (κ1) is 76.2.